The van der Waals surface area contributed by atoms with Crippen molar-refractivity contribution in [2.75, 3.05) is 13.7 Å². The second kappa shape index (κ2) is 7.40. The fraction of sp³-hybridized carbons (Fsp3) is 0.667. The van der Waals surface area contributed by atoms with Crippen LogP contribution in [0.1, 0.15) is 31.0 Å². The van der Waals surface area contributed by atoms with E-state index in [-0.39, 0.29) is 5.91 Å². The molecule has 0 fully saturated rings. The van der Waals surface area contributed by atoms with Gasteiger partial charge in [0.25, 0.3) is 0 Å². The van der Waals surface area contributed by atoms with Crippen molar-refractivity contribution in [3.05, 3.63) is 16.1 Å². The topological polar surface area (TPSA) is 51.2 Å². The van der Waals surface area contributed by atoms with Gasteiger partial charge in [-0.2, -0.15) is 0 Å². The summed E-state index contributed by atoms with van der Waals surface area (Å²) in [5.41, 5.74) is 1.02. The molecule has 1 amide bonds. The van der Waals surface area contributed by atoms with Gasteiger partial charge in [0.05, 0.1) is 12.3 Å². The van der Waals surface area contributed by atoms with Gasteiger partial charge in [0, 0.05) is 31.9 Å². The number of hydrogen-bond donors (Lipinski definition) is 1. The number of hydrogen-bond acceptors (Lipinski definition) is 4. The minimum atomic E-state index is 0.118. The molecule has 1 aromatic rings. The number of carbonyl (C=O) groups excluding carboxylic acids is 1. The van der Waals surface area contributed by atoms with Gasteiger partial charge in [-0.3, -0.25) is 4.79 Å². The number of ether oxygens (including phenoxy) is 1. The summed E-state index contributed by atoms with van der Waals surface area (Å²) < 4.78 is 5.01. The van der Waals surface area contributed by atoms with E-state index in [0.29, 0.717) is 25.5 Å². The molecule has 0 bridgehead atoms. The van der Waals surface area contributed by atoms with E-state index >= 15 is 0 Å². The number of nitrogens with one attached hydrogen (secondary N) is 1. The number of aromatic nitrogens is 1. The summed E-state index contributed by atoms with van der Waals surface area (Å²) >= 11 is 1.59. The molecule has 1 heterocycles. The molecule has 0 saturated heterocycles. The quantitative estimate of drug-likeness (QED) is 0.811. The van der Waals surface area contributed by atoms with Gasteiger partial charge in [0.15, 0.2) is 0 Å². The lowest BCUT2D eigenvalue weighted by Gasteiger charge is -2.05. The maximum Gasteiger partial charge on any atom is 0.220 e. The highest BCUT2D eigenvalue weighted by atomic mass is 32.1. The largest absolute Gasteiger partial charge is 0.378 e. The number of amides is 1. The SMILES string of the molecule is COCc1nc(CCNC(=O)CC(C)C)cs1. The van der Waals surface area contributed by atoms with E-state index in [0.717, 1.165) is 17.1 Å². The first-order valence-corrected chi connectivity index (χ1v) is 6.68. The zero-order valence-corrected chi connectivity index (χ0v) is 11.5. The number of carbonyl (C=O) groups is 1. The van der Waals surface area contributed by atoms with Gasteiger partial charge >= 0.3 is 0 Å². The van der Waals surface area contributed by atoms with Gasteiger partial charge in [0.2, 0.25) is 5.91 Å². The van der Waals surface area contributed by atoms with Crippen LogP contribution in [-0.4, -0.2) is 24.5 Å². The molecule has 0 aliphatic carbocycles. The molecule has 0 aliphatic rings. The van der Waals surface area contributed by atoms with Crippen molar-refractivity contribution in [1.29, 1.82) is 0 Å². The summed E-state index contributed by atoms with van der Waals surface area (Å²) in [7, 11) is 1.66. The Bertz CT molecular complexity index is 350. The van der Waals surface area contributed by atoms with Crippen LogP contribution in [0, 0.1) is 5.92 Å². The normalized spacial score (nSPS) is 10.8. The highest BCUT2D eigenvalue weighted by Crippen LogP contribution is 2.10. The summed E-state index contributed by atoms with van der Waals surface area (Å²) in [5, 5.41) is 5.90. The van der Waals surface area contributed by atoms with Gasteiger partial charge in [-0.05, 0) is 5.92 Å². The zero-order chi connectivity index (χ0) is 12.7. The maximum atomic E-state index is 11.4. The Kier molecular flexibility index (Phi) is 6.15. The molecule has 96 valence electrons. The predicted molar refractivity (Wildman–Crippen MR) is 69.0 cm³/mol. The smallest absolute Gasteiger partial charge is 0.220 e. The van der Waals surface area contributed by atoms with Crippen LogP contribution in [-0.2, 0) is 22.6 Å². The van der Waals surface area contributed by atoms with E-state index in [9.17, 15) is 4.79 Å². The Labute approximate surface area is 106 Å². The summed E-state index contributed by atoms with van der Waals surface area (Å²) in [5.74, 6) is 0.523. The van der Waals surface area contributed by atoms with E-state index in [1.165, 1.54) is 0 Å². The van der Waals surface area contributed by atoms with E-state index in [2.05, 4.69) is 10.3 Å². The first-order valence-electron chi connectivity index (χ1n) is 5.80. The Balaban J connectivity index is 2.23. The fourth-order valence-corrected chi connectivity index (χ4v) is 2.22. The minimum Gasteiger partial charge on any atom is -0.378 e. The van der Waals surface area contributed by atoms with Crippen molar-refractivity contribution >= 4 is 17.2 Å². The second-order valence-electron chi connectivity index (χ2n) is 4.36. The number of nitrogens with zero attached hydrogens (tertiary/aromatic N) is 1. The lowest BCUT2D eigenvalue weighted by Crippen LogP contribution is -2.26. The third kappa shape index (κ3) is 5.79. The minimum absolute atomic E-state index is 0.118. The van der Waals surface area contributed by atoms with Gasteiger partial charge in [-0.15, -0.1) is 11.3 Å². The summed E-state index contributed by atoms with van der Waals surface area (Å²) in [6.07, 6.45) is 1.37. The Hall–Kier alpha value is -0.940. The number of rotatable bonds is 7. The van der Waals surface area contributed by atoms with Crippen molar-refractivity contribution in [2.45, 2.75) is 33.3 Å². The molecule has 4 nitrogen and oxygen atoms in total. The molecule has 0 aliphatic heterocycles. The molecule has 5 heteroatoms. The van der Waals surface area contributed by atoms with E-state index in [1.807, 2.05) is 19.2 Å². The third-order valence-electron chi connectivity index (χ3n) is 2.16. The van der Waals surface area contributed by atoms with Gasteiger partial charge in [-0.1, -0.05) is 13.8 Å². The molecular formula is C12H20N2O2S. The van der Waals surface area contributed by atoms with Crippen molar-refractivity contribution in [2.24, 2.45) is 5.92 Å². The van der Waals surface area contributed by atoms with Crippen molar-refractivity contribution < 1.29 is 9.53 Å². The van der Waals surface area contributed by atoms with Gasteiger partial charge in [-0.25, -0.2) is 4.98 Å². The zero-order valence-electron chi connectivity index (χ0n) is 10.7. The van der Waals surface area contributed by atoms with Crippen LogP contribution in [0.4, 0.5) is 0 Å². The average molecular weight is 256 g/mol. The summed E-state index contributed by atoms with van der Waals surface area (Å²) in [6.45, 7) is 5.29. The maximum absolute atomic E-state index is 11.4. The molecule has 0 unspecified atom stereocenters. The van der Waals surface area contributed by atoms with E-state index < -0.39 is 0 Å². The summed E-state index contributed by atoms with van der Waals surface area (Å²) in [4.78, 5) is 15.8. The number of thiazole rings is 1. The standard InChI is InChI=1S/C12H20N2O2S/c1-9(2)6-11(15)13-5-4-10-8-17-12(14-10)7-16-3/h8-9H,4-7H2,1-3H3,(H,13,15). The second-order valence-corrected chi connectivity index (χ2v) is 5.31. The van der Waals surface area contributed by atoms with Crippen molar-refractivity contribution in [3.63, 3.8) is 0 Å². The summed E-state index contributed by atoms with van der Waals surface area (Å²) in [6, 6.07) is 0. The molecule has 0 saturated carbocycles. The van der Waals surface area contributed by atoms with E-state index in [4.69, 9.17) is 4.74 Å². The Morgan fingerprint density at radius 2 is 2.35 bits per heavy atom. The lowest BCUT2D eigenvalue weighted by molar-refractivity contribution is -0.121. The highest BCUT2D eigenvalue weighted by Gasteiger charge is 2.05. The first kappa shape index (κ1) is 14.1. The first-order chi connectivity index (χ1) is 8.11. The lowest BCUT2D eigenvalue weighted by atomic mass is 10.1. The van der Waals surface area contributed by atoms with Crippen LogP contribution in [0.2, 0.25) is 0 Å². The molecular weight excluding hydrogens is 236 g/mol. The average Bonchev–Trinajstić information content (AvgIpc) is 2.65. The molecule has 1 rings (SSSR count). The van der Waals surface area contributed by atoms with Gasteiger partial charge in [0.1, 0.15) is 5.01 Å². The van der Waals surface area contributed by atoms with Crippen molar-refractivity contribution in [1.82, 2.24) is 10.3 Å². The van der Waals surface area contributed by atoms with Crippen LogP contribution in [0.15, 0.2) is 5.38 Å². The molecule has 0 radical (unpaired) electrons. The molecule has 0 aromatic carbocycles. The van der Waals surface area contributed by atoms with Crippen LogP contribution >= 0.6 is 11.3 Å². The van der Waals surface area contributed by atoms with Crippen LogP contribution in [0.25, 0.3) is 0 Å². The monoisotopic (exact) mass is 256 g/mol. The highest BCUT2D eigenvalue weighted by molar-refractivity contribution is 7.09. The van der Waals surface area contributed by atoms with Crippen molar-refractivity contribution in [3.8, 4) is 0 Å². The Morgan fingerprint density at radius 1 is 1.59 bits per heavy atom. The van der Waals surface area contributed by atoms with Gasteiger partial charge < -0.3 is 10.1 Å². The Morgan fingerprint density at radius 3 is 3.00 bits per heavy atom. The number of methoxy groups -OCH3 is 1. The van der Waals surface area contributed by atoms with Crippen LogP contribution in [0.5, 0.6) is 0 Å². The third-order valence-corrected chi connectivity index (χ3v) is 3.04. The molecule has 0 spiro atoms. The van der Waals surface area contributed by atoms with Crippen LogP contribution in [0.3, 0.4) is 0 Å². The molecule has 0 atom stereocenters. The molecule has 17 heavy (non-hydrogen) atoms. The van der Waals surface area contributed by atoms with Crippen LogP contribution < -0.4 is 5.32 Å². The fourth-order valence-electron chi connectivity index (χ4n) is 1.43. The van der Waals surface area contributed by atoms with E-state index in [1.54, 1.807) is 18.4 Å². The predicted octanol–water partition coefficient (Wildman–Crippen LogP) is 1.99. The molecule has 1 aromatic heterocycles. The molecule has 1 N–H and O–H groups in total.